The average molecular weight is 1800 g/mol. The first-order chi connectivity index (χ1) is 58.8. The third-order valence-corrected chi connectivity index (χ3v) is 22.3. The van der Waals surface area contributed by atoms with Crippen molar-refractivity contribution in [2.24, 2.45) is 23.1 Å². The molecule has 2 fully saturated rings. The summed E-state index contributed by atoms with van der Waals surface area (Å²) in [7, 11) is 2.67. The lowest BCUT2D eigenvalue weighted by molar-refractivity contribution is -0.329. The van der Waals surface area contributed by atoms with Crippen LogP contribution in [-0.2, 0) is 59.2 Å². The van der Waals surface area contributed by atoms with E-state index < -0.39 is 203 Å². The maximum atomic E-state index is 16.3. The van der Waals surface area contributed by atoms with E-state index in [0.717, 1.165) is 55.0 Å². The number of halogens is 4. The van der Waals surface area contributed by atoms with Gasteiger partial charge in [-0.2, -0.15) is 0 Å². The molecule has 0 aliphatic carbocycles. The van der Waals surface area contributed by atoms with Crippen LogP contribution in [0.4, 0.5) is 5.69 Å². The van der Waals surface area contributed by atoms with Crippen LogP contribution in [0.25, 0.3) is 11.1 Å². The first-order valence-electron chi connectivity index (χ1n) is 39.7. The van der Waals surface area contributed by atoms with Crippen molar-refractivity contribution in [3.63, 3.8) is 0 Å². The third-order valence-electron chi connectivity index (χ3n) is 20.9. The number of rotatable bonds is 32. The molecule has 124 heavy (non-hydrogen) atoms. The first kappa shape index (κ1) is 95.6. The number of likely N-dealkylation sites (N-methyl/N-ethyl adjacent to an activating group) is 2. The highest BCUT2D eigenvalue weighted by Gasteiger charge is 2.52. The lowest BCUT2D eigenvalue weighted by atomic mass is 9.84. The quantitative estimate of drug-likeness (QED) is 0.0210. The van der Waals surface area contributed by atoms with Gasteiger partial charge in [-0.05, 0) is 172 Å². The van der Waals surface area contributed by atoms with Gasteiger partial charge in [0.15, 0.2) is 23.9 Å². The zero-order valence-corrected chi connectivity index (χ0v) is 71.7. The summed E-state index contributed by atoms with van der Waals surface area (Å²) in [6.07, 6.45) is -16.2. The van der Waals surface area contributed by atoms with Crippen molar-refractivity contribution in [1.82, 2.24) is 42.5 Å². The van der Waals surface area contributed by atoms with Crippen LogP contribution in [0.3, 0.4) is 0 Å². The second-order valence-corrected chi connectivity index (χ2v) is 32.5. The Balaban J connectivity index is 1.15. The minimum atomic E-state index is -2.31. The number of benzene rings is 7. The van der Waals surface area contributed by atoms with Crippen LogP contribution in [0, 0.1) is 5.92 Å². The second kappa shape index (κ2) is 42.4. The van der Waals surface area contributed by atoms with Crippen LogP contribution in [0.1, 0.15) is 137 Å². The summed E-state index contributed by atoms with van der Waals surface area (Å²) in [6, 6.07) is 16.0. The van der Waals surface area contributed by atoms with Gasteiger partial charge in [-0.3, -0.25) is 38.4 Å². The van der Waals surface area contributed by atoms with Crippen LogP contribution in [0.5, 0.6) is 51.7 Å². The Bertz CT molecular complexity index is 5060. The molecule has 7 aromatic rings. The average Bonchev–Trinajstić information content (AvgIpc) is 0.771. The van der Waals surface area contributed by atoms with Crippen LogP contribution in [0.15, 0.2) is 121 Å². The van der Waals surface area contributed by atoms with Gasteiger partial charge in [-0.25, -0.2) is 0 Å². The number of primary amides is 1. The van der Waals surface area contributed by atoms with E-state index in [1.54, 1.807) is 56.3 Å². The summed E-state index contributed by atoms with van der Waals surface area (Å²) in [6.45, 7) is 9.45. The minimum absolute atomic E-state index is 0.0694. The number of aliphatic hydroxyl groups excluding tert-OH is 5. The fourth-order valence-corrected chi connectivity index (χ4v) is 15.3. The zero-order valence-electron chi connectivity index (χ0n) is 68.7. The smallest absolute Gasteiger partial charge is 0.248 e. The van der Waals surface area contributed by atoms with E-state index >= 15 is 14.4 Å². The fraction of sp³-hybridized carbons (Fsp3) is 0.412. The van der Waals surface area contributed by atoms with Gasteiger partial charge in [-0.1, -0.05) is 90.6 Å². The number of amides is 8. The maximum Gasteiger partial charge on any atom is 0.248 e. The number of aromatic hydroxyl groups is 3. The van der Waals surface area contributed by atoms with Gasteiger partial charge in [0.2, 0.25) is 59.3 Å². The van der Waals surface area contributed by atoms with E-state index in [1.165, 1.54) is 57.4 Å². The Morgan fingerprint density at radius 3 is 2.12 bits per heavy atom. The summed E-state index contributed by atoms with van der Waals surface area (Å²) >= 11 is 26.7. The van der Waals surface area contributed by atoms with Crippen molar-refractivity contribution in [2.75, 3.05) is 39.0 Å². The molecule has 0 spiro atoms. The number of nitrogens with two attached hydrogens (primary N) is 3. The predicted octanol–water partition coefficient (Wildman–Crippen LogP) is 6.16. The van der Waals surface area contributed by atoms with Crippen molar-refractivity contribution in [2.45, 2.75) is 183 Å². The lowest BCUT2D eigenvalue weighted by Gasteiger charge is -2.48. The molecule has 39 heteroatoms. The summed E-state index contributed by atoms with van der Waals surface area (Å²) in [5.74, 6) is -12.7. The summed E-state index contributed by atoms with van der Waals surface area (Å²) in [4.78, 5) is 116. The van der Waals surface area contributed by atoms with Crippen molar-refractivity contribution in [3.8, 4) is 62.9 Å². The number of anilines is 1. The molecule has 0 radical (unpaired) electrons. The predicted molar refractivity (Wildman–Crippen MR) is 455 cm³/mol. The number of carbonyl (C=O) groups excluding carboxylic acids is 8. The standard InChI is InChI=1S/C85H102Cl4N12O23/c1-38(2)24-56(93-7)78(112)100-71-72(108)45-17-21-61(55(89)28-45)121-63-30-46(69(98-79(113)57(34-65(92)107)97-83(71)117)82(116)99-68(80(114)94-8)44-15-19-58(105)50(26-44)67-51(32-48(104)33-59(67)106)70(96-41(5)103)81(115)95-23-10-9-22-90)29-62(120-60-20-16-43(39(3)102)27-54(60)88)75(63)124-84-76(74(110)73(109)64(36-91)122-84)123-66-35-85(6,77(111)40(4)119-66)101-47-12-11-13-49(31-47)118-37-42-14-18-52(86)53(87)25-42/h11-21,25-33,38-40,56-57,64,66,68-74,76-77,84,93,101-102,104-106,108-111H,9-10,22-24,34-37,90-91H2,1-8H3,(H2,92,107)(H,94,114)(H,95,115)(H,96,103)(H,97,117)(H,98,113)(H,99,116)(H,100,112)/t39-,40?,56+,57-,64?,66?,68?,69+,70-,71+,72+,73?,74?,76?,77?,84?,85?/m0/s1. The summed E-state index contributed by atoms with van der Waals surface area (Å²) < 4.78 is 46.1. The topological polar surface area (TPSA) is 549 Å². The Morgan fingerprint density at radius 2 is 1.46 bits per heavy atom. The number of unbranched alkanes of at least 4 members (excludes halogenated alkanes) is 1. The lowest BCUT2D eigenvalue weighted by Crippen LogP contribution is -2.64. The van der Waals surface area contributed by atoms with Gasteiger partial charge in [0.05, 0.1) is 50.3 Å². The van der Waals surface area contributed by atoms with E-state index in [4.69, 9.17) is 96.8 Å². The minimum Gasteiger partial charge on any atom is -0.508 e. The van der Waals surface area contributed by atoms with E-state index in [2.05, 4.69) is 47.9 Å². The summed E-state index contributed by atoms with van der Waals surface area (Å²) in [5, 5.41) is 118. The number of aliphatic hydroxyl groups is 5. The Labute approximate surface area is 733 Å². The molecule has 2 saturated heterocycles. The zero-order chi connectivity index (χ0) is 90.5. The third kappa shape index (κ3) is 23.5. The van der Waals surface area contributed by atoms with Gasteiger partial charge in [0.1, 0.15) is 102 Å². The largest absolute Gasteiger partial charge is 0.508 e. The van der Waals surface area contributed by atoms with E-state index in [0.29, 0.717) is 34.3 Å². The normalized spacial score (nSPS) is 23.1. The Kier molecular flexibility index (Phi) is 32.7. The molecule has 4 aliphatic rings. The fourth-order valence-electron chi connectivity index (χ4n) is 14.5. The molecule has 4 heterocycles. The molecule has 35 nitrogen and oxygen atoms in total. The maximum absolute atomic E-state index is 16.3. The first-order valence-corrected chi connectivity index (χ1v) is 41.2. The molecule has 0 aromatic heterocycles. The van der Waals surface area contributed by atoms with Gasteiger partial charge in [0, 0.05) is 62.4 Å². The second-order valence-electron chi connectivity index (χ2n) is 30.9. The molecular weight excluding hydrogens is 1700 g/mol. The number of phenols is 3. The molecule has 7 aromatic carbocycles. The highest BCUT2D eigenvalue weighted by Crippen LogP contribution is 2.50. The molecule has 4 aliphatic heterocycles. The number of hydrogen-bond acceptors (Lipinski definition) is 27. The molecule has 17 atom stereocenters. The van der Waals surface area contributed by atoms with Crippen LogP contribution < -0.4 is 84.0 Å². The van der Waals surface area contributed by atoms with Gasteiger partial charge in [0.25, 0.3) is 0 Å². The molecule has 8 amide bonds. The molecule has 4 bridgehead atoms. The molecule has 23 N–H and O–H groups in total. The van der Waals surface area contributed by atoms with Crippen LogP contribution in [-0.4, -0.2) is 195 Å². The van der Waals surface area contributed by atoms with E-state index in [9.17, 15) is 64.8 Å². The SMILES string of the molecule is CNC(=O)C(NC(=O)[C@@H]1NC(=O)[C@H](CC(N)=O)NC(=O)[C@H](NC(=O)[C@@H](CC(C)C)NC)[C@H](O)c2ccc(c(Cl)c2)Oc2cc1cc(Oc1ccc([C@H](C)O)cc1Cl)c2OC1OC(CN)C(O)C(O)C1OC1CC(C)(Nc2cccc(OCc3ccc(Cl)c(Cl)c3)c2)C(O)C(C)O1)c1ccc(O)c(-c2c(O)cc(O)cc2[C@H](NC(C)=O)C(=O)NCCCCN)c1. The van der Waals surface area contributed by atoms with E-state index in [1.807, 2.05) is 13.8 Å². The molecule has 668 valence electrons. The molecule has 10 unspecified atom stereocenters. The highest BCUT2D eigenvalue weighted by atomic mass is 35.5. The van der Waals surface area contributed by atoms with E-state index in [-0.39, 0.29) is 93.4 Å². The van der Waals surface area contributed by atoms with Gasteiger partial charge < -0.3 is 139 Å². The molecule has 11 rings (SSSR count). The number of carbonyl (C=O) groups is 8. The monoisotopic (exact) mass is 1800 g/mol. The molecular formula is C85H102Cl4N12O23. The van der Waals surface area contributed by atoms with Crippen LogP contribution >= 0.6 is 46.4 Å². The summed E-state index contributed by atoms with van der Waals surface area (Å²) in [5.41, 5.74) is 16.1. The number of fused-ring (bicyclic) bond motifs is 9. The highest BCUT2D eigenvalue weighted by molar-refractivity contribution is 6.42. The van der Waals surface area contributed by atoms with Crippen molar-refractivity contribution < 1.29 is 112 Å². The Morgan fingerprint density at radius 1 is 0.718 bits per heavy atom. The van der Waals surface area contributed by atoms with Crippen molar-refractivity contribution in [3.05, 3.63) is 175 Å². The van der Waals surface area contributed by atoms with Gasteiger partial charge >= 0.3 is 0 Å². The number of phenolic OH excluding ortho intramolecular Hbond substituents is 3. The molecule has 0 saturated carbocycles. The Hall–Kier alpha value is -10.6. The number of ether oxygens (including phenoxy) is 7. The number of hydrogen-bond donors (Lipinski definition) is 20. The van der Waals surface area contributed by atoms with Gasteiger partial charge in [-0.15, -0.1) is 0 Å². The van der Waals surface area contributed by atoms with Crippen molar-refractivity contribution in [1.29, 1.82) is 0 Å². The van der Waals surface area contributed by atoms with Crippen molar-refractivity contribution >= 4 is 99.3 Å². The van der Waals surface area contributed by atoms with Crippen LogP contribution in [0.2, 0.25) is 20.1 Å². The number of nitrogens with one attached hydrogen (secondary N) is 9.